The van der Waals surface area contributed by atoms with Crippen LogP contribution in [0.5, 0.6) is 0 Å². The van der Waals surface area contributed by atoms with Crippen LogP contribution in [0.2, 0.25) is 0 Å². The van der Waals surface area contributed by atoms with Crippen LogP contribution in [0.1, 0.15) is 10.4 Å². The number of alkyl halides is 3. The van der Waals surface area contributed by atoms with Gasteiger partial charge in [0.05, 0.1) is 0 Å². The number of nitrogens with one attached hydrogen (secondary N) is 2. The Morgan fingerprint density at radius 3 is 2.75 bits per heavy atom. The van der Waals surface area contributed by atoms with Crippen LogP contribution in [0.15, 0.2) is 18.3 Å². The van der Waals surface area contributed by atoms with Crippen molar-refractivity contribution in [2.45, 2.75) is 6.18 Å². The number of anilines is 1. The average Bonchev–Trinajstić information content (AvgIpc) is 2.25. The molecule has 0 aliphatic rings. The minimum atomic E-state index is -4.34. The molecule has 16 heavy (non-hydrogen) atoms. The number of carbonyl (C=O) groups excluding carboxylic acids is 1. The van der Waals surface area contributed by atoms with Crippen LogP contribution in [0.25, 0.3) is 0 Å². The van der Waals surface area contributed by atoms with Gasteiger partial charge in [-0.25, -0.2) is 10.8 Å². The third kappa shape index (κ3) is 3.73. The number of halogens is 3. The Morgan fingerprint density at radius 1 is 1.50 bits per heavy atom. The number of nitrogens with two attached hydrogens (primary N) is 1. The maximum absolute atomic E-state index is 11.9. The first kappa shape index (κ1) is 12.2. The van der Waals surface area contributed by atoms with Gasteiger partial charge < -0.3 is 5.32 Å². The molecule has 88 valence electrons. The Kier molecular flexibility index (Phi) is 3.67. The molecule has 1 aromatic heterocycles. The second-order valence-corrected chi connectivity index (χ2v) is 2.87. The molecule has 1 amide bonds. The molecule has 0 unspecified atom stereocenters. The number of hydrogen-bond donors (Lipinski definition) is 3. The molecule has 1 aromatic rings. The van der Waals surface area contributed by atoms with E-state index in [1.165, 1.54) is 18.3 Å². The van der Waals surface area contributed by atoms with Crippen molar-refractivity contribution in [2.75, 3.05) is 11.9 Å². The Hall–Kier alpha value is -1.83. The predicted octanol–water partition coefficient (Wildman–Crippen LogP) is 0.659. The van der Waals surface area contributed by atoms with Crippen molar-refractivity contribution in [3.63, 3.8) is 0 Å². The van der Waals surface area contributed by atoms with Gasteiger partial charge >= 0.3 is 6.18 Å². The molecule has 0 atom stereocenters. The molecule has 1 rings (SSSR count). The van der Waals surface area contributed by atoms with Gasteiger partial charge in [0.2, 0.25) is 0 Å². The van der Waals surface area contributed by atoms with Crippen LogP contribution in [0, 0.1) is 0 Å². The molecule has 0 aliphatic carbocycles. The van der Waals surface area contributed by atoms with E-state index in [1.807, 2.05) is 10.7 Å². The van der Waals surface area contributed by atoms with E-state index in [2.05, 4.69) is 4.98 Å². The molecule has 0 saturated heterocycles. The molecule has 5 nitrogen and oxygen atoms in total. The molecular formula is C8H9F3N4O. The standard InChI is InChI=1S/C8H9F3N4O/c9-8(10,11)4-14-6-3-5(1-2-13-6)7(16)15-12/h1-3H,4,12H2,(H,13,14)(H,15,16). The Morgan fingerprint density at radius 2 is 2.19 bits per heavy atom. The normalized spacial score (nSPS) is 11.0. The number of rotatable bonds is 3. The Balaban J connectivity index is 2.71. The van der Waals surface area contributed by atoms with Crippen molar-refractivity contribution < 1.29 is 18.0 Å². The zero-order valence-corrected chi connectivity index (χ0v) is 8.01. The number of nitrogens with zero attached hydrogens (tertiary/aromatic N) is 1. The van der Waals surface area contributed by atoms with Gasteiger partial charge in [-0.05, 0) is 12.1 Å². The van der Waals surface area contributed by atoms with E-state index in [0.29, 0.717) is 0 Å². The fourth-order valence-corrected chi connectivity index (χ4v) is 0.943. The third-order valence-electron chi connectivity index (χ3n) is 1.62. The number of hydrogen-bond acceptors (Lipinski definition) is 4. The summed E-state index contributed by atoms with van der Waals surface area (Å²) in [5.41, 5.74) is 1.99. The molecule has 1 heterocycles. The fraction of sp³-hybridized carbons (Fsp3) is 0.250. The van der Waals surface area contributed by atoms with Crippen molar-refractivity contribution in [2.24, 2.45) is 5.84 Å². The summed E-state index contributed by atoms with van der Waals surface area (Å²) in [5, 5.41) is 2.05. The number of pyridine rings is 1. The van der Waals surface area contributed by atoms with E-state index >= 15 is 0 Å². The molecule has 0 saturated carbocycles. The molecule has 0 aliphatic heterocycles. The Bertz CT molecular complexity index is 380. The van der Waals surface area contributed by atoms with E-state index in [4.69, 9.17) is 5.84 Å². The first-order valence-corrected chi connectivity index (χ1v) is 4.20. The zero-order chi connectivity index (χ0) is 12.2. The van der Waals surface area contributed by atoms with Gasteiger partial charge in [0, 0.05) is 11.8 Å². The highest BCUT2D eigenvalue weighted by Gasteiger charge is 2.26. The van der Waals surface area contributed by atoms with Gasteiger partial charge in [-0.15, -0.1) is 0 Å². The summed E-state index contributed by atoms with van der Waals surface area (Å²) in [7, 11) is 0. The molecule has 0 bridgehead atoms. The summed E-state index contributed by atoms with van der Waals surface area (Å²) in [5.74, 6) is 4.23. The van der Waals surface area contributed by atoms with E-state index in [9.17, 15) is 18.0 Å². The number of nitrogen functional groups attached to an aromatic ring is 1. The van der Waals surface area contributed by atoms with Gasteiger partial charge in [0.15, 0.2) is 0 Å². The van der Waals surface area contributed by atoms with E-state index in [-0.39, 0.29) is 11.4 Å². The van der Waals surface area contributed by atoms with Crippen LogP contribution >= 0.6 is 0 Å². The van der Waals surface area contributed by atoms with E-state index < -0.39 is 18.6 Å². The minimum absolute atomic E-state index is 0.0431. The summed E-state index contributed by atoms with van der Waals surface area (Å²) in [4.78, 5) is 14.7. The van der Waals surface area contributed by atoms with Gasteiger partial charge in [0.1, 0.15) is 12.4 Å². The lowest BCUT2D eigenvalue weighted by molar-refractivity contribution is -0.115. The summed E-state index contributed by atoms with van der Waals surface area (Å²) in [6, 6.07) is 2.51. The molecule has 0 radical (unpaired) electrons. The summed E-state index contributed by atoms with van der Waals surface area (Å²) in [6.07, 6.45) is -3.13. The van der Waals surface area contributed by atoms with Gasteiger partial charge in [0.25, 0.3) is 5.91 Å². The first-order chi connectivity index (χ1) is 7.42. The fourth-order valence-electron chi connectivity index (χ4n) is 0.943. The molecule has 4 N–H and O–H groups in total. The highest BCUT2D eigenvalue weighted by atomic mass is 19.4. The Labute approximate surface area is 88.8 Å². The van der Waals surface area contributed by atoms with Gasteiger partial charge in [-0.1, -0.05) is 0 Å². The number of hydrazine groups is 1. The first-order valence-electron chi connectivity index (χ1n) is 4.20. The lowest BCUT2D eigenvalue weighted by atomic mass is 10.2. The molecule has 0 fully saturated rings. The van der Waals surface area contributed by atoms with Crippen molar-refractivity contribution in [1.82, 2.24) is 10.4 Å². The number of aromatic nitrogens is 1. The van der Waals surface area contributed by atoms with Gasteiger partial charge in [-0.3, -0.25) is 10.2 Å². The summed E-state index contributed by atoms with van der Waals surface area (Å²) < 4.78 is 35.6. The van der Waals surface area contributed by atoms with Crippen molar-refractivity contribution in [3.05, 3.63) is 23.9 Å². The molecule has 0 aromatic carbocycles. The quantitative estimate of drug-likeness (QED) is 0.407. The van der Waals surface area contributed by atoms with Gasteiger partial charge in [-0.2, -0.15) is 13.2 Å². The minimum Gasteiger partial charge on any atom is -0.361 e. The smallest absolute Gasteiger partial charge is 0.361 e. The highest BCUT2D eigenvalue weighted by Crippen LogP contribution is 2.15. The van der Waals surface area contributed by atoms with Crippen LogP contribution in [0.3, 0.4) is 0 Å². The van der Waals surface area contributed by atoms with Crippen molar-refractivity contribution in [1.29, 1.82) is 0 Å². The second-order valence-electron chi connectivity index (χ2n) is 2.87. The lowest BCUT2D eigenvalue weighted by Gasteiger charge is -2.09. The maximum Gasteiger partial charge on any atom is 0.405 e. The van der Waals surface area contributed by atoms with Crippen LogP contribution in [0.4, 0.5) is 19.0 Å². The van der Waals surface area contributed by atoms with Crippen molar-refractivity contribution >= 4 is 11.7 Å². The lowest BCUT2D eigenvalue weighted by Crippen LogP contribution is -2.30. The second kappa shape index (κ2) is 4.79. The monoisotopic (exact) mass is 234 g/mol. The largest absolute Gasteiger partial charge is 0.405 e. The van der Waals surface area contributed by atoms with E-state index in [0.717, 1.165) is 0 Å². The van der Waals surface area contributed by atoms with Crippen LogP contribution < -0.4 is 16.6 Å². The molecular weight excluding hydrogens is 225 g/mol. The maximum atomic E-state index is 11.9. The van der Waals surface area contributed by atoms with Crippen LogP contribution in [-0.4, -0.2) is 23.6 Å². The predicted molar refractivity (Wildman–Crippen MR) is 50.4 cm³/mol. The van der Waals surface area contributed by atoms with Crippen molar-refractivity contribution in [3.8, 4) is 0 Å². The molecule has 0 spiro atoms. The highest BCUT2D eigenvalue weighted by molar-refractivity contribution is 5.94. The van der Waals surface area contributed by atoms with Crippen LogP contribution in [-0.2, 0) is 0 Å². The zero-order valence-electron chi connectivity index (χ0n) is 8.01. The van der Waals surface area contributed by atoms with E-state index in [1.54, 1.807) is 0 Å². The number of amides is 1. The summed E-state index contributed by atoms with van der Waals surface area (Å²) in [6.45, 7) is -1.21. The summed E-state index contributed by atoms with van der Waals surface area (Å²) >= 11 is 0. The molecule has 8 heteroatoms. The number of carbonyl (C=O) groups is 1. The SMILES string of the molecule is NNC(=O)c1ccnc(NCC(F)(F)F)c1. The average molecular weight is 234 g/mol. The topological polar surface area (TPSA) is 80.0 Å². The third-order valence-corrected chi connectivity index (χ3v) is 1.62.